The molecule has 3 aromatic rings. The Morgan fingerprint density at radius 2 is 1.61 bits per heavy atom. The number of ketones is 1. The number of nitrogens with zero attached hydrogens (tertiary/aromatic N) is 1. The highest BCUT2D eigenvalue weighted by atomic mass is 16.5. The number of ether oxygens (including phenoxy) is 1. The number of benzene rings is 3. The van der Waals surface area contributed by atoms with Gasteiger partial charge in [0.1, 0.15) is 11.5 Å². The van der Waals surface area contributed by atoms with Gasteiger partial charge in [0, 0.05) is 11.3 Å². The number of Topliss-reactive ketones (excluding diaryl/α,β-unsaturated/α-hetero) is 1. The summed E-state index contributed by atoms with van der Waals surface area (Å²) in [6, 6.07) is 18.0. The number of amides is 1. The van der Waals surface area contributed by atoms with E-state index in [-0.39, 0.29) is 11.3 Å². The lowest BCUT2D eigenvalue weighted by atomic mass is 9.91. The molecule has 1 amide bonds. The van der Waals surface area contributed by atoms with Gasteiger partial charge in [-0.15, -0.1) is 0 Å². The van der Waals surface area contributed by atoms with Crippen molar-refractivity contribution in [3.8, 4) is 5.75 Å². The molecule has 0 saturated carbocycles. The molecule has 3 aromatic carbocycles. The molecule has 4 rings (SSSR count). The van der Waals surface area contributed by atoms with Crippen molar-refractivity contribution in [3.63, 3.8) is 0 Å². The molecule has 0 bridgehead atoms. The number of aliphatic hydroxyl groups excluding tert-OH is 1. The summed E-state index contributed by atoms with van der Waals surface area (Å²) < 4.78 is 5.39. The second kappa shape index (κ2) is 8.58. The number of aryl methyl sites for hydroxylation is 4. The fourth-order valence-corrected chi connectivity index (χ4v) is 4.47. The lowest BCUT2D eigenvalue weighted by molar-refractivity contribution is -0.132. The van der Waals surface area contributed by atoms with Crippen molar-refractivity contribution >= 4 is 23.1 Å². The average molecular weight is 442 g/mol. The molecular weight excluding hydrogens is 414 g/mol. The predicted octanol–water partition coefficient (Wildman–Crippen LogP) is 5.56. The summed E-state index contributed by atoms with van der Waals surface area (Å²) in [6.45, 7) is 7.59. The highest BCUT2D eigenvalue weighted by Crippen LogP contribution is 2.43. The van der Waals surface area contributed by atoms with Crippen LogP contribution in [0.25, 0.3) is 5.76 Å². The smallest absolute Gasteiger partial charge is 0.300 e. The Morgan fingerprint density at radius 1 is 0.879 bits per heavy atom. The Bertz CT molecular complexity index is 1300. The average Bonchev–Trinajstić information content (AvgIpc) is 3.05. The molecule has 1 heterocycles. The van der Waals surface area contributed by atoms with Gasteiger partial charge in [0.2, 0.25) is 0 Å². The zero-order valence-corrected chi connectivity index (χ0v) is 19.5. The highest BCUT2D eigenvalue weighted by molar-refractivity contribution is 6.51. The van der Waals surface area contributed by atoms with Crippen LogP contribution in [0.2, 0.25) is 0 Å². The predicted molar refractivity (Wildman–Crippen MR) is 130 cm³/mol. The maximum atomic E-state index is 13.4. The first-order chi connectivity index (χ1) is 15.7. The second-order valence-electron chi connectivity index (χ2n) is 8.50. The van der Waals surface area contributed by atoms with E-state index in [1.165, 1.54) is 4.90 Å². The summed E-state index contributed by atoms with van der Waals surface area (Å²) >= 11 is 0. The number of rotatable bonds is 4. The second-order valence-corrected chi connectivity index (χ2v) is 8.50. The molecular formula is C28H27NO4. The van der Waals surface area contributed by atoms with Gasteiger partial charge in [0.25, 0.3) is 11.7 Å². The van der Waals surface area contributed by atoms with E-state index in [4.69, 9.17) is 4.74 Å². The highest BCUT2D eigenvalue weighted by Gasteiger charge is 2.47. The van der Waals surface area contributed by atoms with Crippen LogP contribution in [0.15, 0.2) is 66.2 Å². The number of carbonyl (C=O) groups excluding carboxylic acids is 2. The van der Waals surface area contributed by atoms with Crippen LogP contribution < -0.4 is 9.64 Å². The van der Waals surface area contributed by atoms with Crippen molar-refractivity contribution in [2.24, 2.45) is 0 Å². The standard InChI is InChI=1S/C28H27NO4/c1-16-9-8-11-20(13-16)29-25(21-12-7-6-10-17(21)2)24(27(31)28(29)32)26(30)22-14-19(4)23(33-5)15-18(22)3/h6-15,25,30H,1-5H3/b26-24+. The van der Waals surface area contributed by atoms with Gasteiger partial charge < -0.3 is 9.84 Å². The van der Waals surface area contributed by atoms with Gasteiger partial charge in [0.05, 0.1) is 18.7 Å². The van der Waals surface area contributed by atoms with E-state index in [1.807, 2.05) is 82.3 Å². The van der Waals surface area contributed by atoms with Crippen LogP contribution >= 0.6 is 0 Å². The molecule has 1 saturated heterocycles. The van der Waals surface area contributed by atoms with E-state index < -0.39 is 17.7 Å². The van der Waals surface area contributed by atoms with Crippen molar-refractivity contribution in [1.29, 1.82) is 0 Å². The zero-order chi connectivity index (χ0) is 23.9. The number of anilines is 1. The van der Waals surface area contributed by atoms with Crippen LogP contribution in [0.5, 0.6) is 5.75 Å². The van der Waals surface area contributed by atoms with Gasteiger partial charge in [-0.1, -0.05) is 36.4 Å². The molecule has 0 spiro atoms. The Morgan fingerprint density at radius 3 is 2.27 bits per heavy atom. The largest absolute Gasteiger partial charge is 0.507 e. The minimum Gasteiger partial charge on any atom is -0.507 e. The van der Waals surface area contributed by atoms with Crippen LogP contribution in [0.1, 0.15) is 39.4 Å². The van der Waals surface area contributed by atoms with E-state index in [0.717, 1.165) is 27.8 Å². The van der Waals surface area contributed by atoms with Crippen LogP contribution in [0.3, 0.4) is 0 Å². The molecule has 5 nitrogen and oxygen atoms in total. The van der Waals surface area contributed by atoms with Crippen LogP contribution in [-0.2, 0) is 9.59 Å². The number of aliphatic hydroxyl groups is 1. The molecule has 1 unspecified atom stereocenters. The Kier molecular flexibility index (Phi) is 5.81. The summed E-state index contributed by atoms with van der Waals surface area (Å²) in [5.74, 6) is -0.840. The third-order valence-electron chi connectivity index (χ3n) is 6.20. The molecule has 1 aliphatic heterocycles. The van der Waals surface area contributed by atoms with Gasteiger partial charge in [0.15, 0.2) is 0 Å². The Hall–Kier alpha value is -3.86. The number of methoxy groups -OCH3 is 1. The summed E-state index contributed by atoms with van der Waals surface area (Å²) in [6.07, 6.45) is 0. The molecule has 5 heteroatoms. The van der Waals surface area contributed by atoms with Crippen molar-refractivity contribution in [2.75, 3.05) is 12.0 Å². The molecule has 1 N–H and O–H groups in total. The van der Waals surface area contributed by atoms with Crippen molar-refractivity contribution < 1.29 is 19.4 Å². The minimum atomic E-state index is -0.741. The van der Waals surface area contributed by atoms with Crippen LogP contribution in [-0.4, -0.2) is 23.9 Å². The first kappa shape index (κ1) is 22.3. The summed E-state index contributed by atoms with van der Waals surface area (Å²) in [7, 11) is 1.59. The number of carbonyl (C=O) groups is 2. The molecule has 33 heavy (non-hydrogen) atoms. The molecule has 0 aromatic heterocycles. The van der Waals surface area contributed by atoms with Crippen molar-refractivity contribution in [3.05, 3.63) is 99.6 Å². The normalized spacial score (nSPS) is 17.5. The third kappa shape index (κ3) is 3.80. The fraction of sp³-hybridized carbons (Fsp3) is 0.214. The van der Waals surface area contributed by atoms with Gasteiger partial charge in [-0.05, 0) is 79.8 Å². The van der Waals surface area contributed by atoms with E-state index in [1.54, 1.807) is 13.2 Å². The Labute approximate surface area is 193 Å². The minimum absolute atomic E-state index is 0.0865. The zero-order valence-electron chi connectivity index (χ0n) is 19.5. The number of hydrogen-bond acceptors (Lipinski definition) is 4. The first-order valence-corrected chi connectivity index (χ1v) is 10.8. The van der Waals surface area contributed by atoms with E-state index >= 15 is 0 Å². The maximum Gasteiger partial charge on any atom is 0.300 e. The summed E-state index contributed by atoms with van der Waals surface area (Å²) in [4.78, 5) is 28.2. The van der Waals surface area contributed by atoms with E-state index in [0.29, 0.717) is 17.0 Å². The topological polar surface area (TPSA) is 66.8 Å². The van der Waals surface area contributed by atoms with Crippen LogP contribution in [0.4, 0.5) is 5.69 Å². The molecule has 1 atom stereocenters. The van der Waals surface area contributed by atoms with Crippen molar-refractivity contribution in [1.82, 2.24) is 0 Å². The SMILES string of the molecule is COc1cc(C)c(/C(O)=C2\C(=O)C(=O)N(c3cccc(C)c3)C2c2ccccc2C)cc1C. The maximum absolute atomic E-state index is 13.4. The van der Waals surface area contributed by atoms with Gasteiger partial charge >= 0.3 is 0 Å². The van der Waals surface area contributed by atoms with Gasteiger partial charge in [-0.2, -0.15) is 0 Å². The van der Waals surface area contributed by atoms with E-state index in [2.05, 4.69) is 0 Å². The Balaban J connectivity index is 2.00. The number of hydrogen-bond donors (Lipinski definition) is 1. The van der Waals surface area contributed by atoms with Gasteiger partial charge in [-0.3, -0.25) is 14.5 Å². The summed E-state index contributed by atoms with van der Waals surface area (Å²) in [5.41, 5.74) is 5.48. The quantitative estimate of drug-likeness (QED) is 0.327. The molecule has 0 radical (unpaired) electrons. The fourth-order valence-electron chi connectivity index (χ4n) is 4.47. The lowest BCUT2D eigenvalue weighted by Crippen LogP contribution is -2.29. The molecule has 0 aliphatic carbocycles. The molecule has 168 valence electrons. The third-order valence-corrected chi connectivity index (χ3v) is 6.20. The summed E-state index contributed by atoms with van der Waals surface area (Å²) in [5, 5.41) is 11.5. The first-order valence-electron chi connectivity index (χ1n) is 10.8. The van der Waals surface area contributed by atoms with Crippen molar-refractivity contribution in [2.45, 2.75) is 33.7 Å². The molecule has 1 fully saturated rings. The van der Waals surface area contributed by atoms with Crippen LogP contribution in [0, 0.1) is 27.7 Å². The monoisotopic (exact) mass is 441 g/mol. The molecule has 1 aliphatic rings. The van der Waals surface area contributed by atoms with E-state index in [9.17, 15) is 14.7 Å². The lowest BCUT2D eigenvalue weighted by Gasteiger charge is -2.27. The van der Waals surface area contributed by atoms with Gasteiger partial charge in [-0.25, -0.2) is 0 Å².